The van der Waals surface area contributed by atoms with Crippen LogP contribution >= 0.6 is 0 Å². The number of sulfonamides is 1. The normalized spacial score (nSPS) is 12.8. The Balaban J connectivity index is 3.73. The Hall–Kier alpha value is -1.85. The summed E-state index contributed by atoms with van der Waals surface area (Å²) in [6.07, 6.45) is 1.10. The smallest absolute Gasteiger partial charge is 0.335 e. The third-order valence-electron chi connectivity index (χ3n) is 2.70. The molecule has 0 aliphatic carbocycles. The number of carboxylic acids is 1. The monoisotopic (exact) mass is 350 g/mol. The zero-order chi connectivity index (χ0) is 17.1. The predicted octanol–water partition coefficient (Wildman–Crippen LogP) is 0.848. The van der Waals surface area contributed by atoms with Crippen molar-refractivity contribution in [1.29, 1.82) is 0 Å². The maximum Gasteiger partial charge on any atom is 0.335 e. The van der Waals surface area contributed by atoms with Gasteiger partial charge in [-0.15, -0.1) is 0 Å². The summed E-state index contributed by atoms with van der Waals surface area (Å²) in [6.45, 7) is 1.81. The van der Waals surface area contributed by atoms with E-state index >= 15 is 0 Å². The van der Waals surface area contributed by atoms with Gasteiger partial charge in [0, 0.05) is 11.8 Å². The van der Waals surface area contributed by atoms with Crippen LogP contribution in [0, 0.1) is 10.1 Å². The Morgan fingerprint density at radius 1 is 1.45 bits per heavy atom. The zero-order valence-electron chi connectivity index (χ0n) is 11.5. The quantitative estimate of drug-likeness (QED) is 0.544. The first-order valence-corrected chi connectivity index (χ1v) is 8.93. The van der Waals surface area contributed by atoms with Gasteiger partial charge in [0.25, 0.3) is 5.69 Å². The molecule has 3 N–H and O–H groups in total. The summed E-state index contributed by atoms with van der Waals surface area (Å²) in [5.74, 6) is -1.55. The largest absolute Gasteiger partial charge is 0.478 e. The molecular formula is C11H14N2O7S2. The van der Waals surface area contributed by atoms with Crippen molar-refractivity contribution in [3.8, 4) is 0 Å². The van der Waals surface area contributed by atoms with Gasteiger partial charge in [-0.3, -0.25) is 14.3 Å². The molecule has 1 atom stereocenters. The lowest BCUT2D eigenvalue weighted by atomic mass is 10.2. The number of nitrogens with zero attached hydrogens (tertiary/aromatic N) is 1. The molecule has 0 saturated heterocycles. The summed E-state index contributed by atoms with van der Waals surface area (Å²) in [7, 11) is -6.47. The van der Waals surface area contributed by atoms with Gasteiger partial charge in [-0.05, 0) is 12.5 Å². The molecule has 11 heteroatoms. The van der Waals surface area contributed by atoms with E-state index in [1.54, 1.807) is 6.92 Å². The molecule has 0 bridgehead atoms. The Kier molecular flexibility index (Phi) is 5.74. The van der Waals surface area contributed by atoms with Crippen LogP contribution in [0.1, 0.15) is 30.1 Å². The van der Waals surface area contributed by atoms with Crippen LogP contribution in [-0.4, -0.2) is 34.4 Å². The number of primary sulfonamides is 1. The molecule has 0 radical (unpaired) electrons. The number of hydrogen-bond donors (Lipinski definition) is 2. The molecule has 122 valence electrons. The molecule has 0 heterocycles. The number of unbranched alkanes of at least 4 members (excludes halogenated alkanes) is 1. The van der Waals surface area contributed by atoms with Gasteiger partial charge in [0.2, 0.25) is 10.0 Å². The molecule has 0 aliphatic rings. The lowest BCUT2D eigenvalue weighted by Gasteiger charge is -2.09. The fraction of sp³-hybridized carbons (Fsp3) is 0.364. The standard InChI is InChI=1S/C11H14N2O7S2/c1-2-3-4-21(18)10-8(13(16)17)5-7(11(14)15)6-9(10)22(12,19)20/h5-6H,2-4H2,1H3,(H,14,15)(H2,12,19,20). The Labute approximate surface area is 128 Å². The van der Waals surface area contributed by atoms with E-state index < -0.39 is 52.8 Å². The number of carbonyl (C=O) groups is 1. The van der Waals surface area contributed by atoms with Gasteiger partial charge < -0.3 is 5.11 Å². The Bertz CT molecular complexity index is 743. The van der Waals surface area contributed by atoms with Crippen molar-refractivity contribution in [1.82, 2.24) is 0 Å². The van der Waals surface area contributed by atoms with Crippen molar-refractivity contribution in [2.24, 2.45) is 5.14 Å². The van der Waals surface area contributed by atoms with Crippen LogP contribution in [0.15, 0.2) is 21.9 Å². The first-order valence-electron chi connectivity index (χ1n) is 6.06. The van der Waals surface area contributed by atoms with E-state index in [0.29, 0.717) is 25.0 Å². The van der Waals surface area contributed by atoms with Gasteiger partial charge in [0.15, 0.2) is 0 Å². The average molecular weight is 350 g/mol. The fourth-order valence-corrected chi connectivity index (χ4v) is 4.35. The summed E-state index contributed by atoms with van der Waals surface area (Å²) >= 11 is 0. The number of nitro benzene ring substituents is 1. The lowest BCUT2D eigenvalue weighted by Crippen LogP contribution is -2.18. The van der Waals surface area contributed by atoms with Crippen molar-refractivity contribution in [2.75, 3.05) is 5.75 Å². The predicted molar refractivity (Wildman–Crippen MR) is 77.6 cm³/mol. The molecule has 1 aromatic carbocycles. The second kappa shape index (κ2) is 6.94. The number of carboxylic acid groups (broad SMARTS) is 1. The third kappa shape index (κ3) is 4.08. The highest BCUT2D eigenvalue weighted by Crippen LogP contribution is 2.31. The van der Waals surface area contributed by atoms with Crippen molar-refractivity contribution in [3.63, 3.8) is 0 Å². The molecule has 0 spiro atoms. The molecule has 0 fully saturated rings. The summed E-state index contributed by atoms with van der Waals surface area (Å²) in [5.41, 5.74) is -1.45. The van der Waals surface area contributed by atoms with Crippen LogP contribution in [0.2, 0.25) is 0 Å². The van der Waals surface area contributed by atoms with Crippen LogP contribution in [0.5, 0.6) is 0 Å². The van der Waals surface area contributed by atoms with Gasteiger partial charge in [-0.2, -0.15) is 0 Å². The fourth-order valence-electron chi connectivity index (χ4n) is 1.66. The summed E-state index contributed by atoms with van der Waals surface area (Å²) in [5, 5.41) is 25.0. The lowest BCUT2D eigenvalue weighted by molar-refractivity contribution is -0.388. The Morgan fingerprint density at radius 2 is 2.05 bits per heavy atom. The second-order valence-corrected chi connectivity index (χ2v) is 7.37. The number of nitro groups is 1. The summed E-state index contributed by atoms with van der Waals surface area (Å²) < 4.78 is 35.4. The van der Waals surface area contributed by atoms with E-state index in [0.717, 1.165) is 0 Å². The molecule has 0 saturated carbocycles. The highest BCUT2D eigenvalue weighted by atomic mass is 32.2. The second-order valence-electron chi connectivity index (χ2n) is 4.33. The first kappa shape index (κ1) is 18.2. The van der Waals surface area contributed by atoms with Crippen LogP contribution in [0.3, 0.4) is 0 Å². The summed E-state index contributed by atoms with van der Waals surface area (Å²) in [4.78, 5) is 19.7. The minimum absolute atomic E-state index is 0.00623. The molecule has 0 aromatic heterocycles. The van der Waals surface area contributed by atoms with Crippen molar-refractivity contribution in [2.45, 2.75) is 29.6 Å². The van der Waals surface area contributed by atoms with Crippen LogP contribution in [-0.2, 0) is 20.8 Å². The average Bonchev–Trinajstić information content (AvgIpc) is 2.42. The van der Waals surface area contributed by atoms with E-state index in [9.17, 15) is 27.5 Å². The van der Waals surface area contributed by atoms with Gasteiger partial charge in [-0.1, -0.05) is 13.3 Å². The van der Waals surface area contributed by atoms with Gasteiger partial charge in [0.1, 0.15) is 9.79 Å². The number of nitrogens with two attached hydrogens (primary N) is 1. The maximum atomic E-state index is 12.2. The highest BCUT2D eigenvalue weighted by Gasteiger charge is 2.30. The third-order valence-corrected chi connectivity index (χ3v) is 5.30. The topological polar surface area (TPSA) is 158 Å². The van der Waals surface area contributed by atoms with Crippen LogP contribution in [0.25, 0.3) is 0 Å². The van der Waals surface area contributed by atoms with Gasteiger partial charge in [-0.25, -0.2) is 18.4 Å². The molecule has 0 amide bonds. The number of hydrogen-bond acceptors (Lipinski definition) is 6. The van der Waals surface area contributed by atoms with Gasteiger partial charge in [0.05, 0.1) is 21.3 Å². The minimum atomic E-state index is -4.48. The van der Waals surface area contributed by atoms with Crippen molar-refractivity contribution >= 4 is 32.5 Å². The van der Waals surface area contributed by atoms with E-state index in [1.807, 2.05) is 0 Å². The van der Waals surface area contributed by atoms with Crippen molar-refractivity contribution < 1.29 is 27.5 Å². The molecule has 0 aliphatic heterocycles. The minimum Gasteiger partial charge on any atom is -0.478 e. The highest BCUT2D eigenvalue weighted by molar-refractivity contribution is 7.90. The number of aromatic carboxylic acids is 1. The van der Waals surface area contributed by atoms with E-state index in [-0.39, 0.29) is 5.75 Å². The SMILES string of the molecule is CCCCS(=O)c1c([N+](=O)[O-])cc(C(=O)O)cc1S(N)(=O)=O. The Morgan fingerprint density at radius 3 is 2.45 bits per heavy atom. The maximum absolute atomic E-state index is 12.2. The van der Waals surface area contributed by atoms with E-state index in [4.69, 9.17) is 10.2 Å². The van der Waals surface area contributed by atoms with Crippen LogP contribution in [0.4, 0.5) is 5.69 Å². The molecule has 1 unspecified atom stereocenters. The summed E-state index contributed by atoms with van der Waals surface area (Å²) in [6, 6.07) is 1.36. The van der Waals surface area contributed by atoms with E-state index in [2.05, 4.69) is 0 Å². The first-order chi connectivity index (χ1) is 10.1. The van der Waals surface area contributed by atoms with E-state index in [1.165, 1.54) is 0 Å². The molecule has 22 heavy (non-hydrogen) atoms. The number of benzene rings is 1. The van der Waals surface area contributed by atoms with Crippen LogP contribution < -0.4 is 5.14 Å². The molecular weight excluding hydrogens is 336 g/mol. The van der Waals surface area contributed by atoms with Gasteiger partial charge >= 0.3 is 5.97 Å². The molecule has 1 rings (SSSR count). The molecule has 1 aromatic rings. The zero-order valence-corrected chi connectivity index (χ0v) is 13.1. The number of rotatable bonds is 7. The van der Waals surface area contributed by atoms with Crippen molar-refractivity contribution in [3.05, 3.63) is 27.8 Å². The molecule has 9 nitrogen and oxygen atoms in total.